The number of thiocarbonyl (C=S) groups is 1. The molecule has 6 rings (SSSR count). The Hall–Kier alpha value is -2.94. The van der Waals surface area contributed by atoms with Gasteiger partial charge in [0.15, 0.2) is 23.0 Å². The van der Waals surface area contributed by atoms with Gasteiger partial charge >= 0.3 is 0 Å². The van der Waals surface area contributed by atoms with E-state index in [1.54, 1.807) is 40.2 Å². The molecule has 0 bridgehead atoms. The molecule has 1 fully saturated rings. The molecule has 0 radical (unpaired) electrons. The minimum atomic E-state index is 0.184. The highest BCUT2D eigenvalue weighted by molar-refractivity contribution is 8.22. The summed E-state index contributed by atoms with van der Waals surface area (Å²) in [5, 5.41) is 0. The maximum absolute atomic E-state index is 6.21. The van der Waals surface area contributed by atoms with Crippen LogP contribution in [0.15, 0.2) is 54.6 Å². The molecular weight excluding hydrogens is 601 g/mol. The first-order chi connectivity index (χ1) is 22.0. The maximum atomic E-state index is 6.21. The van der Waals surface area contributed by atoms with Crippen molar-refractivity contribution in [3.05, 3.63) is 82.4 Å². The van der Waals surface area contributed by atoms with Crippen molar-refractivity contribution in [2.75, 3.05) is 48.1 Å². The third kappa shape index (κ3) is 6.51. The van der Waals surface area contributed by atoms with E-state index in [4.69, 9.17) is 31.2 Å². The largest absolute Gasteiger partial charge is 0.493 e. The van der Waals surface area contributed by atoms with Gasteiger partial charge in [0, 0.05) is 31.4 Å². The van der Waals surface area contributed by atoms with Crippen LogP contribution in [0.4, 0.5) is 0 Å². The van der Waals surface area contributed by atoms with E-state index in [0.29, 0.717) is 17.9 Å². The van der Waals surface area contributed by atoms with Crippen LogP contribution in [0.25, 0.3) is 0 Å². The smallest absolute Gasteiger partial charge is 0.161 e. The fraction of sp³-hybridized carbons (Fsp3) is 0.486. The number of benzene rings is 3. The van der Waals surface area contributed by atoms with Crippen molar-refractivity contribution in [3.8, 4) is 23.0 Å². The zero-order chi connectivity index (χ0) is 31.5. The molecule has 0 aliphatic carbocycles. The summed E-state index contributed by atoms with van der Waals surface area (Å²) in [7, 11) is 6.91. The third-order valence-electron chi connectivity index (χ3n) is 10.3. The van der Waals surface area contributed by atoms with Crippen molar-refractivity contribution in [1.29, 1.82) is 0 Å². The Morgan fingerprint density at radius 3 is 2.04 bits per heavy atom. The Balaban J connectivity index is 1.32. The molecule has 3 aromatic rings. The fourth-order valence-electron chi connectivity index (χ4n) is 7.85. The average Bonchev–Trinajstić information content (AvgIpc) is 3.09. The van der Waals surface area contributed by atoms with Crippen LogP contribution in [0.5, 0.6) is 23.0 Å². The monoisotopic (exact) mass is 646 g/mol. The quantitative estimate of drug-likeness (QED) is 0.218. The van der Waals surface area contributed by atoms with Gasteiger partial charge in [-0.05, 0) is 89.6 Å². The minimum Gasteiger partial charge on any atom is -0.493 e. The van der Waals surface area contributed by atoms with Crippen molar-refractivity contribution in [1.82, 2.24) is 9.80 Å². The number of hydrogen-bond donors (Lipinski definition) is 0. The molecular formula is C37H46N2O4S2. The van der Waals surface area contributed by atoms with Crippen LogP contribution in [-0.4, -0.2) is 62.2 Å². The lowest BCUT2D eigenvalue weighted by molar-refractivity contribution is 0.0381. The van der Waals surface area contributed by atoms with Gasteiger partial charge in [-0.3, -0.25) is 4.90 Å². The van der Waals surface area contributed by atoms with E-state index in [2.05, 4.69) is 71.3 Å². The number of rotatable bonds is 9. The molecule has 1 saturated heterocycles. The molecule has 0 N–H and O–H groups in total. The highest BCUT2D eigenvalue weighted by Gasteiger charge is 2.41. The fourth-order valence-corrected chi connectivity index (χ4v) is 9.11. The molecule has 240 valence electrons. The normalized spacial score (nSPS) is 22.6. The van der Waals surface area contributed by atoms with Gasteiger partial charge in [-0.2, -0.15) is 0 Å². The van der Waals surface area contributed by atoms with Crippen molar-refractivity contribution in [2.24, 2.45) is 11.8 Å². The molecule has 3 aromatic carbocycles. The van der Waals surface area contributed by atoms with E-state index in [1.165, 1.54) is 34.2 Å². The first-order valence-corrected chi connectivity index (χ1v) is 17.6. The summed E-state index contributed by atoms with van der Waals surface area (Å²) in [4.78, 5) is 5.23. The Labute approximate surface area is 278 Å². The highest BCUT2D eigenvalue weighted by Crippen LogP contribution is 2.49. The van der Waals surface area contributed by atoms with E-state index in [0.717, 1.165) is 78.4 Å². The second-order valence-electron chi connectivity index (χ2n) is 12.5. The Kier molecular flexibility index (Phi) is 10.1. The summed E-state index contributed by atoms with van der Waals surface area (Å²) >= 11 is 7.99. The number of nitrogens with zero attached hydrogens (tertiary/aromatic N) is 2. The second-order valence-corrected chi connectivity index (χ2v) is 14.1. The predicted molar refractivity (Wildman–Crippen MR) is 187 cm³/mol. The van der Waals surface area contributed by atoms with E-state index >= 15 is 0 Å². The van der Waals surface area contributed by atoms with Gasteiger partial charge in [-0.25, -0.2) is 0 Å². The van der Waals surface area contributed by atoms with Gasteiger partial charge in [0.1, 0.15) is 4.32 Å². The standard InChI is InChI=1S/C37H46N2O4S2/c1-6-25-22-38-14-12-26-18-33(40-2)35(42-4)20-29(26)31(38)16-28(25)17-32-30-21-36(43-5)34(41-3)19-27(30)13-15-39(32)37(44)45-23-24-10-8-7-9-11-24/h7-11,18-21,25,28,31-32H,6,12-17,22-23H2,1-5H3/t25-,28+,31-,32+/m0/s1. The van der Waals surface area contributed by atoms with Crippen LogP contribution in [0, 0.1) is 11.8 Å². The van der Waals surface area contributed by atoms with Gasteiger partial charge in [0.05, 0.1) is 34.5 Å². The summed E-state index contributed by atoms with van der Waals surface area (Å²) in [6.07, 6.45) is 5.33. The summed E-state index contributed by atoms with van der Waals surface area (Å²) < 4.78 is 24.0. The first-order valence-electron chi connectivity index (χ1n) is 16.2. The van der Waals surface area contributed by atoms with Crippen molar-refractivity contribution in [3.63, 3.8) is 0 Å². The third-order valence-corrected chi connectivity index (χ3v) is 11.8. The molecule has 0 saturated carbocycles. The van der Waals surface area contributed by atoms with Gasteiger partial charge < -0.3 is 23.8 Å². The van der Waals surface area contributed by atoms with Crippen molar-refractivity contribution in [2.45, 2.75) is 56.9 Å². The van der Waals surface area contributed by atoms with E-state index in [1.807, 2.05) is 0 Å². The molecule has 3 aliphatic rings. The first kappa shape index (κ1) is 32.0. The Bertz CT molecular complexity index is 1500. The summed E-state index contributed by atoms with van der Waals surface area (Å²) in [5.41, 5.74) is 6.76. The van der Waals surface area contributed by atoms with Crippen LogP contribution in [0.2, 0.25) is 0 Å². The van der Waals surface area contributed by atoms with Crippen LogP contribution in [-0.2, 0) is 18.6 Å². The average molecular weight is 647 g/mol. The molecule has 0 unspecified atom stereocenters. The molecule has 3 heterocycles. The molecule has 0 spiro atoms. The number of piperidine rings is 1. The van der Waals surface area contributed by atoms with Crippen LogP contribution in [0.1, 0.15) is 66.1 Å². The van der Waals surface area contributed by atoms with Gasteiger partial charge in [-0.1, -0.05) is 67.7 Å². The maximum Gasteiger partial charge on any atom is 0.161 e. The molecule has 4 atom stereocenters. The SMILES string of the molecule is CC[C@H]1CN2CCc3cc(OC)c(OC)cc3[C@@H]2C[C@@H]1C[C@@H]1c2cc(OC)c(OC)cc2CCN1C(=S)SCc1ccccc1. The van der Waals surface area contributed by atoms with E-state index < -0.39 is 0 Å². The number of ether oxygens (including phenoxy) is 4. The Morgan fingerprint density at radius 2 is 1.40 bits per heavy atom. The number of thioether (sulfide) groups is 1. The zero-order valence-corrected chi connectivity index (χ0v) is 28.8. The number of fused-ring (bicyclic) bond motifs is 4. The molecule has 0 amide bonds. The lowest BCUT2D eigenvalue weighted by Crippen LogP contribution is -2.47. The van der Waals surface area contributed by atoms with Crippen molar-refractivity contribution < 1.29 is 18.9 Å². The van der Waals surface area contributed by atoms with Gasteiger partial charge in [-0.15, -0.1) is 0 Å². The lowest BCUT2D eigenvalue weighted by atomic mass is 9.72. The second kappa shape index (κ2) is 14.2. The lowest BCUT2D eigenvalue weighted by Gasteiger charge is -2.49. The van der Waals surface area contributed by atoms with E-state index in [-0.39, 0.29) is 6.04 Å². The summed E-state index contributed by atoms with van der Waals surface area (Å²) in [6.45, 7) is 5.49. The van der Waals surface area contributed by atoms with Crippen LogP contribution >= 0.6 is 24.0 Å². The van der Waals surface area contributed by atoms with E-state index in [9.17, 15) is 0 Å². The molecule has 8 heteroatoms. The summed E-state index contributed by atoms with van der Waals surface area (Å²) in [5.74, 6) is 5.28. The van der Waals surface area contributed by atoms with Crippen LogP contribution < -0.4 is 18.9 Å². The molecule has 0 aromatic heterocycles. The topological polar surface area (TPSA) is 43.4 Å². The number of methoxy groups -OCH3 is 4. The van der Waals surface area contributed by atoms with Gasteiger partial charge in [0.2, 0.25) is 0 Å². The zero-order valence-electron chi connectivity index (χ0n) is 27.2. The van der Waals surface area contributed by atoms with Crippen molar-refractivity contribution >= 4 is 28.3 Å². The predicted octanol–water partition coefficient (Wildman–Crippen LogP) is 7.87. The minimum absolute atomic E-state index is 0.184. The number of hydrogen-bond acceptors (Lipinski definition) is 7. The summed E-state index contributed by atoms with van der Waals surface area (Å²) in [6, 6.07) is 20.1. The molecule has 45 heavy (non-hydrogen) atoms. The molecule has 6 nitrogen and oxygen atoms in total. The Morgan fingerprint density at radius 1 is 0.800 bits per heavy atom. The molecule has 3 aliphatic heterocycles. The van der Waals surface area contributed by atoms with Gasteiger partial charge in [0.25, 0.3) is 0 Å². The highest BCUT2D eigenvalue weighted by atomic mass is 32.2. The van der Waals surface area contributed by atoms with Crippen LogP contribution in [0.3, 0.4) is 0 Å².